The molecule has 0 radical (unpaired) electrons. The van der Waals surface area contributed by atoms with E-state index in [4.69, 9.17) is 22.9 Å². The van der Waals surface area contributed by atoms with Gasteiger partial charge in [0.1, 0.15) is 6.04 Å². The minimum absolute atomic E-state index is 0.0346. The summed E-state index contributed by atoms with van der Waals surface area (Å²) in [7, 11) is 0. The van der Waals surface area contributed by atoms with Crippen LogP contribution in [-0.4, -0.2) is 29.9 Å². The van der Waals surface area contributed by atoms with Crippen LogP contribution in [-0.2, 0) is 16.0 Å². The normalized spacial score (nSPS) is 12.9. The number of benzene rings is 2. The fraction of sp³-hybridized carbons (Fsp3) is 0.190. The molecule has 0 unspecified atom stereocenters. The molecule has 9 N–H and O–H groups in total. The number of nitrogens with one attached hydrogen (secondary N) is 1. The molecule has 8 heteroatoms. The van der Waals surface area contributed by atoms with E-state index in [1.165, 1.54) is 0 Å². The van der Waals surface area contributed by atoms with Gasteiger partial charge < -0.3 is 28.3 Å². The molecule has 0 saturated heterocycles. The maximum atomic E-state index is 12.4. The number of nitrogens with zero attached hydrogens (tertiary/aromatic N) is 1. The minimum Gasteiger partial charge on any atom is -0.370 e. The zero-order valence-corrected chi connectivity index (χ0v) is 16.0. The number of primary amides is 1. The van der Waals surface area contributed by atoms with Crippen molar-refractivity contribution in [3.63, 3.8) is 0 Å². The van der Waals surface area contributed by atoms with Crippen molar-refractivity contribution in [1.29, 1.82) is 0 Å². The third-order valence-corrected chi connectivity index (χ3v) is 4.13. The van der Waals surface area contributed by atoms with Gasteiger partial charge in [0.05, 0.1) is 11.7 Å². The average molecular weight is 394 g/mol. The van der Waals surface area contributed by atoms with E-state index in [-0.39, 0.29) is 12.4 Å². The van der Waals surface area contributed by atoms with Crippen molar-refractivity contribution in [1.82, 2.24) is 5.32 Å². The van der Waals surface area contributed by atoms with Crippen LogP contribution >= 0.6 is 0 Å². The molecule has 0 aliphatic carbocycles. The topological polar surface area (TPSA) is 163 Å². The maximum Gasteiger partial charge on any atom is 0.240 e. The molecule has 2 atom stereocenters. The summed E-state index contributed by atoms with van der Waals surface area (Å²) in [6.45, 7) is 0. The molecule has 2 amide bonds. The Morgan fingerprint density at radius 3 is 2.24 bits per heavy atom. The van der Waals surface area contributed by atoms with Crippen molar-refractivity contribution in [3.05, 3.63) is 71.8 Å². The quantitative estimate of drug-likeness (QED) is 0.309. The maximum absolute atomic E-state index is 12.4. The van der Waals surface area contributed by atoms with Crippen LogP contribution in [0.5, 0.6) is 0 Å². The van der Waals surface area contributed by atoms with Crippen LogP contribution in [0.15, 0.2) is 65.7 Å². The van der Waals surface area contributed by atoms with E-state index in [0.717, 1.165) is 11.1 Å². The van der Waals surface area contributed by atoms with Crippen molar-refractivity contribution in [2.24, 2.45) is 27.9 Å². The van der Waals surface area contributed by atoms with Gasteiger partial charge in [-0.15, -0.1) is 0 Å². The number of aliphatic imine (C=N–C) groups is 1. The van der Waals surface area contributed by atoms with Gasteiger partial charge >= 0.3 is 0 Å². The van der Waals surface area contributed by atoms with Crippen molar-refractivity contribution in [2.75, 3.05) is 0 Å². The highest BCUT2D eigenvalue weighted by molar-refractivity contribution is 5.89. The summed E-state index contributed by atoms with van der Waals surface area (Å²) in [5.41, 5.74) is 24.5. The Morgan fingerprint density at radius 2 is 1.66 bits per heavy atom. The molecule has 0 bridgehead atoms. The number of nitrogens with two attached hydrogens (primary N) is 4. The van der Waals surface area contributed by atoms with E-state index in [1.54, 1.807) is 30.3 Å². The second-order valence-electron chi connectivity index (χ2n) is 6.53. The third kappa shape index (κ3) is 7.47. The number of carbonyl (C=O) groups excluding carboxylic acids is 2. The second-order valence-corrected chi connectivity index (χ2v) is 6.53. The zero-order valence-electron chi connectivity index (χ0n) is 16.0. The predicted octanol–water partition coefficient (Wildman–Crippen LogP) is 0.535. The van der Waals surface area contributed by atoms with Gasteiger partial charge in [0.25, 0.3) is 0 Å². The van der Waals surface area contributed by atoms with Crippen molar-refractivity contribution >= 4 is 29.5 Å². The highest BCUT2D eigenvalue weighted by atomic mass is 16.2. The van der Waals surface area contributed by atoms with Crippen LogP contribution in [0.2, 0.25) is 0 Å². The summed E-state index contributed by atoms with van der Waals surface area (Å²) in [4.78, 5) is 28.0. The number of carbonyl (C=O) groups is 2. The van der Waals surface area contributed by atoms with Crippen LogP contribution in [0, 0.1) is 0 Å². The molecule has 0 aliphatic heterocycles. The smallest absolute Gasteiger partial charge is 0.240 e. The fourth-order valence-corrected chi connectivity index (χ4v) is 2.63. The summed E-state index contributed by atoms with van der Waals surface area (Å²) >= 11 is 0. The van der Waals surface area contributed by atoms with E-state index >= 15 is 0 Å². The van der Waals surface area contributed by atoms with Crippen molar-refractivity contribution < 1.29 is 9.59 Å². The van der Waals surface area contributed by atoms with Crippen LogP contribution in [0.1, 0.15) is 17.5 Å². The Morgan fingerprint density at radius 1 is 1.00 bits per heavy atom. The highest BCUT2D eigenvalue weighted by Crippen LogP contribution is 2.13. The lowest BCUT2D eigenvalue weighted by Crippen LogP contribution is -2.50. The van der Waals surface area contributed by atoms with Gasteiger partial charge in [0, 0.05) is 0 Å². The molecule has 2 rings (SSSR count). The molecule has 0 aromatic heterocycles. The number of amides is 2. The Hall–Kier alpha value is -3.65. The molecule has 0 heterocycles. The summed E-state index contributed by atoms with van der Waals surface area (Å²) in [6.07, 6.45) is 4.22. The first kappa shape index (κ1) is 21.6. The molecule has 0 fully saturated rings. The second kappa shape index (κ2) is 10.6. The lowest BCUT2D eigenvalue weighted by molar-refractivity contribution is -0.128. The lowest BCUT2D eigenvalue weighted by Gasteiger charge is -2.17. The number of guanidine groups is 1. The SMILES string of the molecule is NC(=O)[C@H](C/C=C/c1ccccc1)NC(=O)[C@@H](N)Cc1ccc(N=C(N)N)cc1. The van der Waals surface area contributed by atoms with Gasteiger partial charge in [-0.2, -0.15) is 0 Å². The van der Waals surface area contributed by atoms with Crippen LogP contribution in [0.4, 0.5) is 5.69 Å². The molecule has 0 spiro atoms. The standard InChI is InChI=1S/C21H26N6O2/c22-17(13-15-9-11-16(12-10-15)26-21(24)25)20(29)27-18(19(23)28)8-4-7-14-5-2-1-3-6-14/h1-7,9-12,17-18H,8,13,22H2,(H2,23,28)(H,27,29)(H4,24,25,26)/b7-4+/t17-,18-/m0/s1. The lowest BCUT2D eigenvalue weighted by atomic mass is 10.0. The summed E-state index contributed by atoms with van der Waals surface area (Å²) in [5, 5.41) is 2.62. The molecular formula is C21H26N6O2. The number of hydrogen-bond donors (Lipinski definition) is 5. The zero-order chi connectivity index (χ0) is 21.2. The average Bonchev–Trinajstić information content (AvgIpc) is 2.68. The Bertz CT molecular complexity index is 874. The van der Waals surface area contributed by atoms with E-state index in [0.29, 0.717) is 12.1 Å². The predicted molar refractivity (Wildman–Crippen MR) is 115 cm³/mol. The molecular weight excluding hydrogens is 368 g/mol. The van der Waals surface area contributed by atoms with E-state index in [2.05, 4.69) is 10.3 Å². The van der Waals surface area contributed by atoms with Gasteiger partial charge in [0.2, 0.25) is 11.8 Å². The Kier molecular flexibility index (Phi) is 7.93. The van der Waals surface area contributed by atoms with Gasteiger partial charge in [-0.1, -0.05) is 54.6 Å². The van der Waals surface area contributed by atoms with E-state index in [9.17, 15) is 9.59 Å². The van der Waals surface area contributed by atoms with Crippen LogP contribution in [0.3, 0.4) is 0 Å². The molecule has 29 heavy (non-hydrogen) atoms. The number of hydrogen-bond acceptors (Lipinski definition) is 4. The molecule has 2 aromatic rings. The summed E-state index contributed by atoms with van der Waals surface area (Å²) in [5.74, 6) is -1.10. The fourth-order valence-electron chi connectivity index (χ4n) is 2.63. The minimum atomic E-state index is -0.835. The third-order valence-electron chi connectivity index (χ3n) is 4.13. The highest BCUT2D eigenvalue weighted by Gasteiger charge is 2.21. The van der Waals surface area contributed by atoms with Gasteiger partial charge in [-0.05, 0) is 36.1 Å². The van der Waals surface area contributed by atoms with Gasteiger partial charge in [-0.25, -0.2) is 4.99 Å². The summed E-state index contributed by atoms with van der Waals surface area (Å²) < 4.78 is 0. The molecule has 0 aliphatic rings. The Labute approximate surface area is 169 Å². The first-order valence-electron chi connectivity index (χ1n) is 9.10. The van der Waals surface area contributed by atoms with Crippen LogP contribution in [0.25, 0.3) is 6.08 Å². The van der Waals surface area contributed by atoms with E-state index in [1.807, 2.05) is 36.4 Å². The van der Waals surface area contributed by atoms with Crippen molar-refractivity contribution in [3.8, 4) is 0 Å². The molecule has 152 valence electrons. The molecule has 8 nitrogen and oxygen atoms in total. The van der Waals surface area contributed by atoms with Gasteiger partial charge in [-0.3, -0.25) is 9.59 Å². The largest absolute Gasteiger partial charge is 0.370 e. The first-order chi connectivity index (χ1) is 13.8. The number of rotatable bonds is 9. The summed E-state index contributed by atoms with van der Waals surface area (Å²) in [6, 6.07) is 14.9. The van der Waals surface area contributed by atoms with Crippen LogP contribution < -0.4 is 28.3 Å². The van der Waals surface area contributed by atoms with Gasteiger partial charge in [0.15, 0.2) is 5.96 Å². The first-order valence-corrected chi connectivity index (χ1v) is 9.10. The van der Waals surface area contributed by atoms with E-state index < -0.39 is 23.9 Å². The Balaban J connectivity index is 1.92. The molecule has 0 saturated carbocycles. The molecule has 2 aromatic carbocycles. The van der Waals surface area contributed by atoms with Crippen molar-refractivity contribution in [2.45, 2.75) is 24.9 Å². The monoisotopic (exact) mass is 394 g/mol.